The molecule has 1 unspecified atom stereocenters. The number of hydrogen-bond acceptors (Lipinski definition) is 4. The molecule has 0 aliphatic rings. The summed E-state index contributed by atoms with van der Waals surface area (Å²) in [6.45, 7) is 0. The lowest BCUT2D eigenvalue weighted by Crippen LogP contribution is -1.93. The van der Waals surface area contributed by atoms with Crippen LogP contribution in [0.3, 0.4) is 0 Å². The maximum Gasteiger partial charge on any atom is 0.269 e. The van der Waals surface area contributed by atoms with Gasteiger partial charge >= 0.3 is 0 Å². The normalized spacial score (nSPS) is 12.0. The average Bonchev–Trinajstić information content (AvgIpc) is 2.39. The minimum Gasteiger partial charge on any atom is -0.508 e. The number of nitro groups is 1. The molecule has 1 N–H and O–H groups in total. The van der Waals surface area contributed by atoms with E-state index in [0.29, 0.717) is 9.79 Å². The lowest BCUT2D eigenvalue weighted by Gasteiger charge is -2.02. The summed E-state index contributed by atoms with van der Waals surface area (Å²) in [7, 11) is -1.41. The van der Waals surface area contributed by atoms with Crippen molar-refractivity contribution in [3.63, 3.8) is 0 Å². The molecule has 0 bridgehead atoms. The zero-order valence-electron chi connectivity index (χ0n) is 9.15. The van der Waals surface area contributed by atoms with E-state index in [1.54, 1.807) is 12.1 Å². The molecule has 0 radical (unpaired) electrons. The van der Waals surface area contributed by atoms with E-state index in [1.165, 1.54) is 36.4 Å². The third kappa shape index (κ3) is 2.54. The van der Waals surface area contributed by atoms with E-state index in [9.17, 15) is 14.3 Å². The molecule has 1 atom stereocenters. The Labute approximate surface area is 105 Å². The molecule has 0 aliphatic carbocycles. The number of rotatable bonds is 3. The molecule has 2 aromatic carbocycles. The van der Waals surface area contributed by atoms with Crippen molar-refractivity contribution in [3.8, 4) is 5.75 Å². The van der Waals surface area contributed by atoms with Crippen molar-refractivity contribution in [2.45, 2.75) is 9.79 Å². The molecule has 18 heavy (non-hydrogen) atoms. The van der Waals surface area contributed by atoms with Crippen LogP contribution in [0.1, 0.15) is 0 Å². The van der Waals surface area contributed by atoms with Gasteiger partial charge in [0.25, 0.3) is 5.69 Å². The average molecular weight is 263 g/mol. The highest BCUT2D eigenvalue weighted by Crippen LogP contribution is 2.21. The van der Waals surface area contributed by atoms with Gasteiger partial charge in [-0.25, -0.2) is 4.21 Å². The van der Waals surface area contributed by atoms with E-state index < -0.39 is 15.7 Å². The van der Waals surface area contributed by atoms with Gasteiger partial charge in [0.2, 0.25) is 0 Å². The smallest absolute Gasteiger partial charge is 0.269 e. The second kappa shape index (κ2) is 4.97. The Morgan fingerprint density at radius 2 is 1.39 bits per heavy atom. The first-order valence-corrected chi connectivity index (χ1v) is 6.18. The van der Waals surface area contributed by atoms with Crippen molar-refractivity contribution < 1.29 is 14.2 Å². The van der Waals surface area contributed by atoms with Gasteiger partial charge in [0.05, 0.1) is 15.7 Å². The van der Waals surface area contributed by atoms with Crippen molar-refractivity contribution in [1.29, 1.82) is 0 Å². The molecule has 92 valence electrons. The summed E-state index contributed by atoms with van der Waals surface area (Å²) >= 11 is 0. The van der Waals surface area contributed by atoms with Crippen molar-refractivity contribution in [2.75, 3.05) is 0 Å². The molecule has 0 saturated carbocycles. The van der Waals surface area contributed by atoms with Crippen LogP contribution in [0.25, 0.3) is 0 Å². The van der Waals surface area contributed by atoms with E-state index in [4.69, 9.17) is 5.11 Å². The molecule has 0 fully saturated rings. The molecular weight excluding hydrogens is 254 g/mol. The minimum absolute atomic E-state index is 0.0403. The Bertz CT molecular complexity index is 592. The first-order chi connectivity index (χ1) is 8.58. The van der Waals surface area contributed by atoms with Gasteiger partial charge in [-0.05, 0) is 36.4 Å². The molecule has 0 saturated heterocycles. The first kappa shape index (κ1) is 12.3. The summed E-state index contributed by atoms with van der Waals surface area (Å²) in [5.41, 5.74) is -0.0403. The maximum atomic E-state index is 12.1. The molecule has 2 aromatic rings. The van der Waals surface area contributed by atoms with E-state index in [-0.39, 0.29) is 11.4 Å². The van der Waals surface area contributed by atoms with Crippen LogP contribution < -0.4 is 0 Å². The fraction of sp³-hybridized carbons (Fsp3) is 0. The van der Waals surface area contributed by atoms with Crippen molar-refractivity contribution >= 4 is 16.5 Å². The van der Waals surface area contributed by atoms with Gasteiger partial charge in [0.15, 0.2) is 0 Å². The van der Waals surface area contributed by atoms with Crippen LogP contribution in [0.15, 0.2) is 58.3 Å². The molecule has 0 spiro atoms. The van der Waals surface area contributed by atoms with Gasteiger partial charge in [-0.2, -0.15) is 0 Å². The van der Waals surface area contributed by atoms with Gasteiger partial charge in [0, 0.05) is 21.9 Å². The van der Waals surface area contributed by atoms with E-state index in [0.717, 1.165) is 0 Å². The van der Waals surface area contributed by atoms with Crippen LogP contribution >= 0.6 is 0 Å². The Morgan fingerprint density at radius 1 is 0.944 bits per heavy atom. The zero-order valence-corrected chi connectivity index (χ0v) is 9.96. The quantitative estimate of drug-likeness (QED) is 0.681. The van der Waals surface area contributed by atoms with Crippen molar-refractivity contribution in [1.82, 2.24) is 0 Å². The zero-order chi connectivity index (χ0) is 13.1. The Morgan fingerprint density at radius 3 is 1.83 bits per heavy atom. The highest BCUT2D eigenvalue weighted by atomic mass is 32.2. The second-order valence-electron chi connectivity index (χ2n) is 3.51. The topological polar surface area (TPSA) is 80.4 Å². The summed E-state index contributed by atoms with van der Waals surface area (Å²) in [6, 6.07) is 11.5. The van der Waals surface area contributed by atoms with E-state index in [2.05, 4.69) is 0 Å². The molecule has 5 nitrogen and oxygen atoms in total. The standard InChI is InChI=1S/C12H9NO4S/c14-10-3-7-12(8-4-10)18(17)11-5-1-9(2-6-11)13(15)16/h1-8,14H. The molecular formula is C12H9NO4S. The van der Waals surface area contributed by atoms with Gasteiger partial charge in [-0.15, -0.1) is 0 Å². The van der Waals surface area contributed by atoms with Gasteiger partial charge < -0.3 is 5.11 Å². The second-order valence-corrected chi connectivity index (χ2v) is 4.99. The lowest BCUT2D eigenvalue weighted by atomic mass is 10.3. The van der Waals surface area contributed by atoms with Gasteiger partial charge in [-0.3, -0.25) is 10.1 Å². The number of benzene rings is 2. The molecule has 0 heterocycles. The van der Waals surface area contributed by atoms with E-state index >= 15 is 0 Å². The fourth-order valence-electron chi connectivity index (χ4n) is 1.40. The maximum absolute atomic E-state index is 12.1. The van der Waals surface area contributed by atoms with Crippen LogP contribution in [0.4, 0.5) is 5.69 Å². The number of hydrogen-bond donors (Lipinski definition) is 1. The molecule has 0 aliphatic heterocycles. The summed E-state index contributed by atoms with van der Waals surface area (Å²) < 4.78 is 12.1. The highest BCUT2D eigenvalue weighted by Gasteiger charge is 2.10. The highest BCUT2D eigenvalue weighted by molar-refractivity contribution is 7.85. The number of phenolic OH excluding ortho intramolecular Hbond substituents is 1. The number of nitrogens with zero attached hydrogens (tertiary/aromatic N) is 1. The van der Waals surface area contributed by atoms with Crippen molar-refractivity contribution in [3.05, 3.63) is 58.6 Å². The number of phenols is 1. The SMILES string of the molecule is O=[N+]([O-])c1ccc(S(=O)c2ccc(O)cc2)cc1. The number of nitro benzene ring substituents is 1. The predicted molar refractivity (Wildman–Crippen MR) is 65.9 cm³/mol. The Balaban J connectivity index is 2.28. The summed E-state index contributed by atoms with van der Waals surface area (Å²) in [6.07, 6.45) is 0. The van der Waals surface area contributed by atoms with Crippen LogP contribution in [-0.4, -0.2) is 14.2 Å². The third-order valence-electron chi connectivity index (χ3n) is 2.31. The van der Waals surface area contributed by atoms with Crippen LogP contribution in [-0.2, 0) is 10.8 Å². The molecule has 0 amide bonds. The van der Waals surface area contributed by atoms with Gasteiger partial charge in [0.1, 0.15) is 5.75 Å². The number of aromatic hydroxyl groups is 1. The molecule has 2 rings (SSSR count). The Hall–Kier alpha value is -2.21. The van der Waals surface area contributed by atoms with E-state index in [1.807, 2.05) is 0 Å². The fourth-order valence-corrected chi connectivity index (χ4v) is 2.44. The Kier molecular flexibility index (Phi) is 3.38. The van der Waals surface area contributed by atoms with Crippen molar-refractivity contribution in [2.24, 2.45) is 0 Å². The number of non-ortho nitro benzene ring substituents is 1. The minimum atomic E-state index is -1.41. The first-order valence-electron chi connectivity index (χ1n) is 5.03. The predicted octanol–water partition coefficient (Wildman–Crippen LogP) is 2.47. The van der Waals surface area contributed by atoms with Gasteiger partial charge in [-0.1, -0.05) is 0 Å². The largest absolute Gasteiger partial charge is 0.508 e. The molecule has 6 heteroatoms. The van der Waals surface area contributed by atoms with Crippen LogP contribution in [0.5, 0.6) is 5.75 Å². The summed E-state index contributed by atoms with van der Waals surface area (Å²) in [5, 5.41) is 19.6. The third-order valence-corrected chi connectivity index (χ3v) is 3.71. The molecule has 0 aromatic heterocycles. The monoisotopic (exact) mass is 263 g/mol. The van der Waals surface area contributed by atoms with Crippen LogP contribution in [0.2, 0.25) is 0 Å². The lowest BCUT2D eigenvalue weighted by molar-refractivity contribution is -0.384. The van der Waals surface area contributed by atoms with Crippen LogP contribution in [0, 0.1) is 10.1 Å². The summed E-state index contributed by atoms with van der Waals surface area (Å²) in [4.78, 5) is 11.0. The summed E-state index contributed by atoms with van der Waals surface area (Å²) in [5.74, 6) is 0.0967.